The molecule has 18 heavy (non-hydrogen) atoms. The third-order valence-electron chi connectivity index (χ3n) is 4.37. The molecule has 0 saturated heterocycles. The average Bonchev–Trinajstić information content (AvgIpc) is 3.10. The fourth-order valence-electron chi connectivity index (χ4n) is 2.97. The van der Waals surface area contributed by atoms with Gasteiger partial charge in [0.1, 0.15) is 5.75 Å². The molecule has 0 amide bonds. The first-order chi connectivity index (χ1) is 8.69. The van der Waals surface area contributed by atoms with E-state index in [4.69, 9.17) is 4.74 Å². The van der Waals surface area contributed by atoms with Crippen LogP contribution in [0.15, 0.2) is 24.3 Å². The summed E-state index contributed by atoms with van der Waals surface area (Å²) in [4.78, 5) is 0. The summed E-state index contributed by atoms with van der Waals surface area (Å²) in [5.74, 6) is 1.59. The molecule has 0 bridgehead atoms. The van der Waals surface area contributed by atoms with Crippen LogP contribution in [-0.4, -0.2) is 11.2 Å². The maximum Gasteiger partial charge on any atom is 0.120 e. The van der Waals surface area contributed by atoms with Crippen LogP contribution >= 0.6 is 0 Å². The minimum Gasteiger partial charge on any atom is -0.490 e. The Morgan fingerprint density at radius 3 is 2.83 bits per heavy atom. The molecule has 0 radical (unpaired) electrons. The monoisotopic (exact) mass is 246 g/mol. The number of aliphatic hydroxyl groups is 1. The standard InChI is InChI=1S/C16H22O2/c1-2-12-8-9-16(17,11-12)13-4-3-5-15(10-13)18-14-6-7-14/h3-5,10,12,14,17H,2,6-9,11H2,1H3. The van der Waals surface area contributed by atoms with E-state index in [2.05, 4.69) is 6.92 Å². The second-order valence-electron chi connectivity index (χ2n) is 5.89. The zero-order chi connectivity index (χ0) is 12.6. The van der Waals surface area contributed by atoms with Gasteiger partial charge in [0.25, 0.3) is 0 Å². The molecule has 2 atom stereocenters. The molecule has 1 aromatic rings. The van der Waals surface area contributed by atoms with Crippen molar-refractivity contribution in [1.29, 1.82) is 0 Å². The summed E-state index contributed by atoms with van der Waals surface area (Å²) in [6, 6.07) is 8.08. The van der Waals surface area contributed by atoms with Gasteiger partial charge in [-0.05, 0) is 55.7 Å². The first-order valence-electron chi connectivity index (χ1n) is 7.19. The van der Waals surface area contributed by atoms with E-state index in [1.54, 1.807) is 0 Å². The van der Waals surface area contributed by atoms with Gasteiger partial charge in [-0.15, -0.1) is 0 Å². The Kier molecular flexibility index (Phi) is 3.06. The molecule has 2 aliphatic rings. The molecule has 1 aromatic carbocycles. The predicted molar refractivity (Wildman–Crippen MR) is 71.6 cm³/mol. The smallest absolute Gasteiger partial charge is 0.120 e. The van der Waals surface area contributed by atoms with Gasteiger partial charge >= 0.3 is 0 Å². The van der Waals surface area contributed by atoms with Crippen molar-refractivity contribution in [2.75, 3.05) is 0 Å². The van der Waals surface area contributed by atoms with Crippen molar-refractivity contribution in [2.24, 2.45) is 5.92 Å². The van der Waals surface area contributed by atoms with Gasteiger partial charge in [-0.25, -0.2) is 0 Å². The van der Waals surface area contributed by atoms with E-state index in [1.165, 1.54) is 19.3 Å². The lowest BCUT2D eigenvalue weighted by atomic mass is 9.90. The summed E-state index contributed by atoms with van der Waals surface area (Å²) < 4.78 is 5.81. The zero-order valence-electron chi connectivity index (χ0n) is 11.1. The predicted octanol–water partition coefficient (Wildman–Crippen LogP) is 3.63. The Labute approximate surface area is 109 Å². The second-order valence-corrected chi connectivity index (χ2v) is 5.89. The van der Waals surface area contributed by atoms with Crippen LogP contribution in [0.25, 0.3) is 0 Å². The van der Waals surface area contributed by atoms with Gasteiger partial charge in [0.05, 0.1) is 11.7 Å². The van der Waals surface area contributed by atoms with Crippen molar-refractivity contribution in [2.45, 2.75) is 57.2 Å². The summed E-state index contributed by atoms with van der Waals surface area (Å²) in [5.41, 5.74) is 0.417. The first kappa shape index (κ1) is 12.0. The first-order valence-corrected chi connectivity index (χ1v) is 7.19. The molecule has 2 heteroatoms. The lowest BCUT2D eigenvalue weighted by Crippen LogP contribution is -2.21. The Morgan fingerprint density at radius 1 is 1.33 bits per heavy atom. The van der Waals surface area contributed by atoms with Crippen LogP contribution in [0.4, 0.5) is 0 Å². The van der Waals surface area contributed by atoms with E-state index in [9.17, 15) is 5.11 Å². The van der Waals surface area contributed by atoms with E-state index in [0.717, 1.165) is 30.6 Å². The molecular weight excluding hydrogens is 224 g/mol. The quantitative estimate of drug-likeness (QED) is 0.879. The fourth-order valence-corrected chi connectivity index (χ4v) is 2.97. The highest BCUT2D eigenvalue weighted by Gasteiger charge is 2.38. The van der Waals surface area contributed by atoms with E-state index < -0.39 is 5.60 Å². The van der Waals surface area contributed by atoms with E-state index in [-0.39, 0.29) is 0 Å². The number of hydrogen-bond donors (Lipinski definition) is 1. The molecule has 2 fully saturated rings. The highest BCUT2D eigenvalue weighted by atomic mass is 16.5. The molecule has 0 aliphatic heterocycles. The molecular formula is C16H22O2. The number of rotatable bonds is 4. The summed E-state index contributed by atoms with van der Waals surface area (Å²) in [7, 11) is 0. The lowest BCUT2D eigenvalue weighted by molar-refractivity contribution is 0.0395. The summed E-state index contributed by atoms with van der Waals surface area (Å²) >= 11 is 0. The third kappa shape index (κ3) is 2.39. The van der Waals surface area contributed by atoms with Crippen molar-refractivity contribution in [3.63, 3.8) is 0 Å². The lowest BCUT2D eigenvalue weighted by Gasteiger charge is -2.24. The molecule has 3 rings (SSSR count). The number of hydrogen-bond acceptors (Lipinski definition) is 2. The van der Waals surface area contributed by atoms with Crippen LogP contribution in [0.2, 0.25) is 0 Å². The van der Waals surface area contributed by atoms with Crippen LogP contribution in [0.3, 0.4) is 0 Å². The van der Waals surface area contributed by atoms with Gasteiger partial charge in [-0.3, -0.25) is 0 Å². The highest BCUT2D eigenvalue weighted by Crippen LogP contribution is 2.44. The van der Waals surface area contributed by atoms with Gasteiger partial charge in [0.15, 0.2) is 0 Å². The van der Waals surface area contributed by atoms with Gasteiger partial charge in [-0.1, -0.05) is 25.5 Å². The maximum atomic E-state index is 10.8. The average molecular weight is 246 g/mol. The minimum atomic E-state index is -0.621. The summed E-state index contributed by atoms with van der Waals surface area (Å²) in [5, 5.41) is 10.8. The maximum absolute atomic E-state index is 10.8. The van der Waals surface area contributed by atoms with Gasteiger partial charge in [0, 0.05) is 0 Å². The Morgan fingerprint density at radius 2 is 2.17 bits per heavy atom. The normalized spacial score (nSPS) is 31.6. The Balaban J connectivity index is 1.78. The number of benzene rings is 1. The van der Waals surface area contributed by atoms with E-state index >= 15 is 0 Å². The Hall–Kier alpha value is -1.02. The van der Waals surface area contributed by atoms with Crippen LogP contribution < -0.4 is 4.74 Å². The molecule has 2 unspecified atom stereocenters. The van der Waals surface area contributed by atoms with E-state index in [0.29, 0.717) is 12.0 Å². The third-order valence-corrected chi connectivity index (χ3v) is 4.37. The Bertz CT molecular complexity index is 425. The molecule has 2 aliphatic carbocycles. The van der Waals surface area contributed by atoms with Gasteiger partial charge in [0.2, 0.25) is 0 Å². The molecule has 0 heterocycles. The highest BCUT2D eigenvalue weighted by molar-refractivity contribution is 5.33. The molecule has 2 saturated carbocycles. The fraction of sp³-hybridized carbons (Fsp3) is 0.625. The molecule has 98 valence electrons. The molecule has 0 aromatic heterocycles. The van der Waals surface area contributed by atoms with Crippen molar-refractivity contribution in [3.05, 3.63) is 29.8 Å². The largest absolute Gasteiger partial charge is 0.490 e. The van der Waals surface area contributed by atoms with Crippen molar-refractivity contribution >= 4 is 0 Å². The van der Waals surface area contributed by atoms with Crippen molar-refractivity contribution < 1.29 is 9.84 Å². The zero-order valence-corrected chi connectivity index (χ0v) is 11.1. The van der Waals surface area contributed by atoms with Crippen LogP contribution in [0.1, 0.15) is 51.0 Å². The van der Waals surface area contributed by atoms with Crippen LogP contribution in [-0.2, 0) is 5.60 Å². The molecule has 1 N–H and O–H groups in total. The summed E-state index contributed by atoms with van der Waals surface area (Å²) in [6.07, 6.45) is 6.86. The van der Waals surface area contributed by atoms with Crippen molar-refractivity contribution in [3.8, 4) is 5.75 Å². The van der Waals surface area contributed by atoms with Gasteiger partial charge in [-0.2, -0.15) is 0 Å². The minimum absolute atomic E-state index is 0.418. The summed E-state index contributed by atoms with van der Waals surface area (Å²) in [6.45, 7) is 2.21. The second kappa shape index (κ2) is 4.58. The van der Waals surface area contributed by atoms with Crippen molar-refractivity contribution in [1.82, 2.24) is 0 Å². The molecule has 2 nitrogen and oxygen atoms in total. The van der Waals surface area contributed by atoms with Crippen LogP contribution in [0, 0.1) is 5.92 Å². The van der Waals surface area contributed by atoms with Gasteiger partial charge < -0.3 is 9.84 Å². The van der Waals surface area contributed by atoms with Crippen LogP contribution in [0.5, 0.6) is 5.75 Å². The topological polar surface area (TPSA) is 29.5 Å². The van der Waals surface area contributed by atoms with E-state index in [1.807, 2.05) is 24.3 Å². The SMILES string of the molecule is CCC1CCC(O)(c2cccc(OC3CC3)c2)C1. The number of ether oxygens (including phenoxy) is 1. The molecule has 0 spiro atoms.